The second-order valence-electron chi connectivity index (χ2n) is 8.19. The van der Waals surface area contributed by atoms with Crippen LogP contribution in [-0.4, -0.2) is 79.0 Å². The minimum Gasteiger partial charge on any atom is -0.507 e. The molecule has 1 aromatic heterocycles. The molecule has 176 valence electrons. The highest BCUT2D eigenvalue weighted by molar-refractivity contribution is 6.46. The summed E-state index contributed by atoms with van der Waals surface area (Å²) in [6.07, 6.45) is 0. The first-order chi connectivity index (χ1) is 15.6. The number of carbonyl (C=O) groups is 3. The molecular weight excluding hydrogens is 426 g/mol. The molecule has 0 bridgehead atoms. The number of nitrogens with zero attached hydrogens (tertiary/aromatic N) is 2. The molecule has 2 aromatic rings. The highest BCUT2D eigenvalue weighted by atomic mass is 16.5. The van der Waals surface area contributed by atoms with Gasteiger partial charge in [-0.15, -0.1) is 0 Å². The summed E-state index contributed by atoms with van der Waals surface area (Å²) in [7, 11) is 6.54. The third-order valence-electron chi connectivity index (χ3n) is 5.80. The Labute approximate surface area is 192 Å². The number of amides is 1. The van der Waals surface area contributed by atoms with Crippen molar-refractivity contribution in [3.05, 3.63) is 57.9 Å². The number of ketones is 1. The van der Waals surface area contributed by atoms with Crippen molar-refractivity contribution in [2.45, 2.75) is 19.9 Å². The molecule has 33 heavy (non-hydrogen) atoms. The number of H-pyrrole nitrogens is 1. The van der Waals surface area contributed by atoms with Crippen LogP contribution in [0.4, 0.5) is 0 Å². The van der Waals surface area contributed by atoms with E-state index in [1.165, 1.54) is 19.1 Å². The van der Waals surface area contributed by atoms with Crippen LogP contribution in [0.3, 0.4) is 0 Å². The second-order valence-corrected chi connectivity index (χ2v) is 8.19. The zero-order chi connectivity index (χ0) is 24.4. The molecule has 1 fully saturated rings. The number of rotatable bonds is 7. The van der Waals surface area contributed by atoms with Crippen LogP contribution in [0, 0.1) is 13.8 Å². The normalized spacial score (nSPS) is 17.7. The van der Waals surface area contributed by atoms with Gasteiger partial charge in [-0.05, 0) is 51.2 Å². The van der Waals surface area contributed by atoms with Gasteiger partial charge in [0.2, 0.25) is 0 Å². The average Bonchev–Trinajstić information content (AvgIpc) is 3.23. The van der Waals surface area contributed by atoms with Crippen LogP contribution in [0.25, 0.3) is 5.76 Å². The lowest BCUT2D eigenvalue weighted by Crippen LogP contribution is -2.35. The van der Waals surface area contributed by atoms with Gasteiger partial charge in [0.1, 0.15) is 17.2 Å². The number of aliphatic hydroxyl groups is 1. The number of Topliss-reactive ketones (excluding diaryl/α,β-unsaturated/α-hetero) is 1. The summed E-state index contributed by atoms with van der Waals surface area (Å²) in [4.78, 5) is 44.6. The van der Waals surface area contributed by atoms with E-state index in [0.29, 0.717) is 34.7 Å². The predicted molar refractivity (Wildman–Crippen MR) is 122 cm³/mol. The molecule has 0 saturated carbocycles. The number of aliphatic hydroxyl groups excluding tert-OH is 1. The molecule has 9 heteroatoms. The lowest BCUT2D eigenvalue weighted by Gasteiger charge is -2.26. The number of likely N-dealkylation sites (N-methyl/N-ethyl adjacent to an activating group) is 1. The van der Waals surface area contributed by atoms with E-state index in [2.05, 4.69) is 4.98 Å². The zero-order valence-electron chi connectivity index (χ0n) is 19.7. The Balaban J connectivity index is 2.23. The van der Waals surface area contributed by atoms with Crippen molar-refractivity contribution in [3.8, 4) is 5.75 Å². The fourth-order valence-electron chi connectivity index (χ4n) is 4.12. The minimum atomic E-state index is -0.810. The molecule has 1 saturated heterocycles. The Bertz CT molecular complexity index is 1130. The molecule has 1 atom stereocenters. The second kappa shape index (κ2) is 9.50. The van der Waals surface area contributed by atoms with Gasteiger partial charge in [-0.3, -0.25) is 9.59 Å². The summed E-state index contributed by atoms with van der Waals surface area (Å²) < 4.78 is 10.1. The number of benzene rings is 1. The van der Waals surface area contributed by atoms with E-state index in [0.717, 1.165) is 0 Å². The topological polar surface area (TPSA) is 112 Å². The number of hydrogen-bond donors (Lipinski definition) is 2. The third-order valence-corrected chi connectivity index (χ3v) is 5.80. The molecule has 3 rings (SSSR count). The van der Waals surface area contributed by atoms with Crippen molar-refractivity contribution in [1.82, 2.24) is 14.8 Å². The first kappa shape index (κ1) is 24.1. The van der Waals surface area contributed by atoms with Crippen molar-refractivity contribution in [2.75, 3.05) is 41.4 Å². The van der Waals surface area contributed by atoms with E-state index >= 15 is 0 Å². The lowest BCUT2D eigenvalue weighted by atomic mass is 9.94. The van der Waals surface area contributed by atoms with Crippen molar-refractivity contribution < 1.29 is 29.0 Å². The molecule has 2 N–H and O–H groups in total. The number of carbonyl (C=O) groups excluding carboxylic acids is 3. The smallest absolute Gasteiger partial charge is 0.354 e. The van der Waals surface area contributed by atoms with Gasteiger partial charge in [-0.25, -0.2) is 4.79 Å². The molecule has 1 aliphatic rings. The van der Waals surface area contributed by atoms with Gasteiger partial charge in [-0.1, -0.05) is 12.1 Å². The Hall–Kier alpha value is -3.59. The van der Waals surface area contributed by atoms with Crippen LogP contribution in [0.2, 0.25) is 0 Å². The van der Waals surface area contributed by atoms with E-state index < -0.39 is 23.7 Å². The SMILES string of the molecule is COC(=O)c1[nH]c(C)c(/C(O)=C2\C(=O)C(=O)N(CCN(C)C)C2c2cccc(OC)c2)c1C. The standard InChI is InChI=1S/C24H29N3O6/c1-13-17(14(2)25-19(13)24(31)33-6)21(28)18-20(15-8-7-9-16(12-15)32-5)27(11-10-26(3)4)23(30)22(18)29/h7-9,12,20,25,28H,10-11H2,1-6H3/b21-18+. The molecule has 1 aromatic carbocycles. The van der Waals surface area contributed by atoms with E-state index in [1.807, 2.05) is 19.0 Å². The Morgan fingerprint density at radius 1 is 1.21 bits per heavy atom. The van der Waals surface area contributed by atoms with Crippen LogP contribution in [-0.2, 0) is 14.3 Å². The van der Waals surface area contributed by atoms with E-state index in [4.69, 9.17) is 9.47 Å². The third kappa shape index (κ3) is 4.36. The van der Waals surface area contributed by atoms with Crippen LogP contribution in [0.5, 0.6) is 5.75 Å². The molecule has 0 spiro atoms. The van der Waals surface area contributed by atoms with Crippen molar-refractivity contribution in [3.63, 3.8) is 0 Å². The molecule has 1 unspecified atom stereocenters. The number of nitrogens with one attached hydrogen (secondary N) is 1. The predicted octanol–water partition coefficient (Wildman–Crippen LogP) is 2.41. The summed E-state index contributed by atoms with van der Waals surface area (Å²) in [6.45, 7) is 4.14. The Morgan fingerprint density at radius 2 is 1.91 bits per heavy atom. The number of likely N-dealkylation sites (tertiary alicyclic amines) is 1. The Kier molecular flexibility index (Phi) is 6.92. The summed E-state index contributed by atoms with van der Waals surface area (Å²) in [5.74, 6) is -1.84. The van der Waals surface area contributed by atoms with E-state index in [9.17, 15) is 19.5 Å². The fourth-order valence-corrected chi connectivity index (χ4v) is 4.12. The van der Waals surface area contributed by atoms with Gasteiger partial charge in [0.05, 0.1) is 25.8 Å². The summed E-state index contributed by atoms with van der Waals surface area (Å²) in [6, 6.07) is 6.24. The molecular formula is C24H29N3O6. The number of ether oxygens (including phenoxy) is 2. The quantitative estimate of drug-likeness (QED) is 0.285. The molecule has 0 aliphatic carbocycles. The molecule has 0 radical (unpaired) electrons. The van der Waals surface area contributed by atoms with Crippen molar-refractivity contribution in [1.29, 1.82) is 0 Å². The number of methoxy groups -OCH3 is 2. The van der Waals surface area contributed by atoms with Crippen molar-refractivity contribution >= 4 is 23.4 Å². The van der Waals surface area contributed by atoms with Gasteiger partial charge in [0, 0.05) is 24.3 Å². The monoisotopic (exact) mass is 455 g/mol. The molecule has 1 aliphatic heterocycles. The molecule has 9 nitrogen and oxygen atoms in total. The first-order valence-electron chi connectivity index (χ1n) is 10.5. The van der Waals surface area contributed by atoms with Gasteiger partial charge in [0.15, 0.2) is 0 Å². The maximum atomic E-state index is 13.2. The number of aromatic amines is 1. The largest absolute Gasteiger partial charge is 0.507 e. The maximum Gasteiger partial charge on any atom is 0.354 e. The summed E-state index contributed by atoms with van der Waals surface area (Å²) in [5.41, 5.74) is 1.99. The number of hydrogen-bond acceptors (Lipinski definition) is 7. The minimum absolute atomic E-state index is 0.0337. The average molecular weight is 456 g/mol. The van der Waals surface area contributed by atoms with E-state index in [-0.39, 0.29) is 23.6 Å². The summed E-state index contributed by atoms with van der Waals surface area (Å²) in [5, 5.41) is 11.4. The van der Waals surface area contributed by atoms with E-state index in [1.54, 1.807) is 38.1 Å². The van der Waals surface area contributed by atoms with Gasteiger partial charge in [-0.2, -0.15) is 0 Å². The van der Waals surface area contributed by atoms with Gasteiger partial charge < -0.3 is 29.4 Å². The summed E-state index contributed by atoms with van der Waals surface area (Å²) >= 11 is 0. The van der Waals surface area contributed by atoms with Crippen LogP contribution in [0.15, 0.2) is 29.8 Å². The van der Waals surface area contributed by atoms with Gasteiger partial charge in [0.25, 0.3) is 11.7 Å². The maximum absolute atomic E-state index is 13.2. The fraction of sp³-hybridized carbons (Fsp3) is 0.375. The first-order valence-corrected chi connectivity index (χ1v) is 10.5. The number of esters is 1. The molecule has 1 amide bonds. The van der Waals surface area contributed by atoms with Crippen LogP contribution in [0.1, 0.15) is 38.9 Å². The Morgan fingerprint density at radius 3 is 2.52 bits per heavy atom. The van der Waals surface area contributed by atoms with Crippen molar-refractivity contribution in [2.24, 2.45) is 0 Å². The van der Waals surface area contributed by atoms with Crippen LogP contribution < -0.4 is 4.74 Å². The highest BCUT2D eigenvalue weighted by Gasteiger charge is 2.46. The lowest BCUT2D eigenvalue weighted by molar-refractivity contribution is -0.140. The number of aromatic nitrogens is 1. The van der Waals surface area contributed by atoms with Crippen LogP contribution >= 0.6 is 0 Å². The highest BCUT2D eigenvalue weighted by Crippen LogP contribution is 2.41. The zero-order valence-corrected chi connectivity index (χ0v) is 19.7. The van der Waals surface area contributed by atoms with Gasteiger partial charge >= 0.3 is 5.97 Å². The number of aryl methyl sites for hydroxylation is 1. The molecule has 2 heterocycles.